The summed E-state index contributed by atoms with van der Waals surface area (Å²) in [6.07, 6.45) is 1.14. The van der Waals surface area contributed by atoms with Crippen LogP contribution in [-0.4, -0.2) is 78.0 Å². The standard InChI is InChI=1S/C18H26N2O4/c1-21-7-6-19(8-16-11-22-16)14-2-4-15(5-3-14)20(9-17-12-23-17)10-18-13-24-18/h2-5,16-18H,6-13H2,1H3. The number of ether oxygens (including phenoxy) is 4. The summed E-state index contributed by atoms with van der Waals surface area (Å²) in [6, 6.07) is 8.80. The molecule has 0 saturated carbocycles. The molecule has 3 fully saturated rings. The summed E-state index contributed by atoms with van der Waals surface area (Å²) in [6.45, 7) is 7.06. The van der Waals surface area contributed by atoms with E-state index in [1.807, 2.05) is 0 Å². The van der Waals surface area contributed by atoms with E-state index in [2.05, 4.69) is 34.1 Å². The smallest absolute Gasteiger partial charge is 0.0984 e. The quantitative estimate of drug-likeness (QED) is 0.566. The van der Waals surface area contributed by atoms with E-state index in [1.165, 1.54) is 11.4 Å². The maximum atomic E-state index is 5.40. The molecular weight excluding hydrogens is 308 g/mol. The molecule has 3 unspecified atom stereocenters. The molecule has 4 rings (SSSR count). The molecule has 3 aliphatic heterocycles. The van der Waals surface area contributed by atoms with Crippen LogP contribution in [0.3, 0.4) is 0 Å². The van der Waals surface area contributed by atoms with Crippen molar-refractivity contribution in [3.8, 4) is 0 Å². The number of methoxy groups -OCH3 is 1. The Kier molecular flexibility index (Phi) is 4.89. The molecule has 0 aliphatic carbocycles. The molecule has 0 amide bonds. The first-order valence-corrected chi connectivity index (χ1v) is 8.75. The highest BCUT2D eigenvalue weighted by Crippen LogP contribution is 2.26. The van der Waals surface area contributed by atoms with E-state index in [-0.39, 0.29) is 0 Å². The lowest BCUT2D eigenvalue weighted by molar-refractivity contribution is 0.204. The van der Waals surface area contributed by atoms with Crippen molar-refractivity contribution in [2.75, 3.05) is 69.5 Å². The molecule has 0 N–H and O–H groups in total. The van der Waals surface area contributed by atoms with E-state index in [9.17, 15) is 0 Å². The minimum atomic E-state index is 0.372. The summed E-state index contributed by atoms with van der Waals surface area (Å²) in [5.74, 6) is 0. The van der Waals surface area contributed by atoms with Crippen molar-refractivity contribution >= 4 is 11.4 Å². The van der Waals surface area contributed by atoms with Gasteiger partial charge in [-0.15, -0.1) is 0 Å². The van der Waals surface area contributed by atoms with Gasteiger partial charge in [-0.1, -0.05) is 0 Å². The largest absolute Gasteiger partial charge is 0.383 e. The van der Waals surface area contributed by atoms with Crippen molar-refractivity contribution in [1.29, 1.82) is 0 Å². The monoisotopic (exact) mass is 334 g/mol. The van der Waals surface area contributed by atoms with Crippen LogP contribution in [0.4, 0.5) is 11.4 Å². The SMILES string of the molecule is COCCN(CC1CO1)c1ccc(N(CC2CO2)CC2CO2)cc1. The van der Waals surface area contributed by atoms with Crippen LogP contribution in [0.25, 0.3) is 0 Å². The van der Waals surface area contributed by atoms with Crippen LogP contribution in [0.2, 0.25) is 0 Å². The maximum Gasteiger partial charge on any atom is 0.0984 e. The summed E-state index contributed by atoms with van der Waals surface area (Å²) in [7, 11) is 1.74. The number of epoxide rings is 3. The molecule has 6 heteroatoms. The van der Waals surface area contributed by atoms with E-state index in [0.29, 0.717) is 18.3 Å². The Balaban J connectivity index is 1.42. The van der Waals surface area contributed by atoms with Crippen molar-refractivity contribution in [1.82, 2.24) is 0 Å². The Hall–Kier alpha value is -1.34. The van der Waals surface area contributed by atoms with Gasteiger partial charge < -0.3 is 28.7 Å². The molecular formula is C18H26N2O4. The fourth-order valence-electron chi connectivity index (χ4n) is 2.94. The lowest BCUT2D eigenvalue weighted by atomic mass is 10.2. The van der Waals surface area contributed by atoms with Gasteiger partial charge in [-0.2, -0.15) is 0 Å². The second-order valence-electron chi connectivity index (χ2n) is 6.73. The second kappa shape index (κ2) is 7.27. The van der Waals surface area contributed by atoms with Gasteiger partial charge >= 0.3 is 0 Å². The van der Waals surface area contributed by atoms with E-state index >= 15 is 0 Å². The van der Waals surface area contributed by atoms with Crippen LogP contribution >= 0.6 is 0 Å². The van der Waals surface area contributed by atoms with Gasteiger partial charge in [0.1, 0.15) is 0 Å². The van der Waals surface area contributed by atoms with E-state index in [4.69, 9.17) is 18.9 Å². The van der Waals surface area contributed by atoms with Gasteiger partial charge in [-0.3, -0.25) is 0 Å². The molecule has 0 bridgehead atoms. The molecule has 1 aromatic carbocycles. The van der Waals surface area contributed by atoms with Crippen LogP contribution in [0.1, 0.15) is 0 Å². The zero-order valence-corrected chi connectivity index (χ0v) is 14.2. The Labute approximate surface area is 143 Å². The number of nitrogens with zero attached hydrogens (tertiary/aromatic N) is 2. The van der Waals surface area contributed by atoms with E-state index < -0.39 is 0 Å². The summed E-state index contributed by atoms with van der Waals surface area (Å²) >= 11 is 0. The number of hydrogen-bond donors (Lipinski definition) is 0. The first kappa shape index (κ1) is 16.1. The third-order valence-corrected chi connectivity index (χ3v) is 4.62. The zero-order chi connectivity index (χ0) is 16.4. The highest BCUT2D eigenvalue weighted by Gasteiger charge is 2.31. The van der Waals surface area contributed by atoms with Crippen molar-refractivity contribution in [2.24, 2.45) is 0 Å². The Morgan fingerprint density at radius 1 is 0.833 bits per heavy atom. The van der Waals surface area contributed by atoms with Gasteiger partial charge in [0.2, 0.25) is 0 Å². The van der Waals surface area contributed by atoms with Gasteiger partial charge in [-0.05, 0) is 24.3 Å². The highest BCUT2D eigenvalue weighted by atomic mass is 16.6. The van der Waals surface area contributed by atoms with Gasteiger partial charge in [0.05, 0.1) is 44.7 Å². The van der Waals surface area contributed by atoms with Crippen molar-refractivity contribution in [2.45, 2.75) is 18.3 Å². The molecule has 0 radical (unpaired) electrons. The summed E-state index contributed by atoms with van der Waals surface area (Å²) in [5.41, 5.74) is 2.45. The summed E-state index contributed by atoms with van der Waals surface area (Å²) < 4.78 is 21.4. The van der Waals surface area contributed by atoms with Gasteiger partial charge in [0, 0.05) is 44.7 Å². The molecule has 132 valence electrons. The molecule has 3 atom stereocenters. The predicted octanol–water partition coefficient (Wildman–Crippen LogP) is 1.14. The van der Waals surface area contributed by atoms with Crippen molar-refractivity contribution in [3.05, 3.63) is 24.3 Å². The lowest BCUT2D eigenvalue weighted by Gasteiger charge is -2.26. The Morgan fingerprint density at radius 2 is 1.25 bits per heavy atom. The molecule has 3 heterocycles. The average molecular weight is 334 g/mol. The zero-order valence-electron chi connectivity index (χ0n) is 14.2. The molecule has 0 spiro atoms. The lowest BCUT2D eigenvalue weighted by Crippen LogP contribution is -2.32. The third-order valence-electron chi connectivity index (χ3n) is 4.62. The van der Waals surface area contributed by atoms with Gasteiger partial charge in [0.25, 0.3) is 0 Å². The highest BCUT2D eigenvalue weighted by molar-refractivity contribution is 5.57. The minimum Gasteiger partial charge on any atom is -0.383 e. The normalized spacial score (nSPS) is 27.0. The fourth-order valence-corrected chi connectivity index (χ4v) is 2.94. The van der Waals surface area contributed by atoms with Crippen LogP contribution in [-0.2, 0) is 18.9 Å². The Morgan fingerprint density at radius 3 is 1.67 bits per heavy atom. The maximum absolute atomic E-state index is 5.40. The molecule has 0 aromatic heterocycles. The minimum absolute atomic E-state index is 0.372. The second-order valence-corrected chi connectivity index (χ2v) is 6.73. The van der Waals surface area contributed by atoms with Crippen LogP contribution < -0.4 is 9.80 Å². The topological polar surface area (TPSA) is 53.3 Å². The van der Waals surface area contributed by atoms with Crippen molar-refractivity contribution < 1.29 is 18.9 Å². The van der Waals surface area contributed by atoms with E-state index in [0.717, 1.165) is 52.6 Å². The van der Waals surface area contributed by atoms with Crippen LogP contribution in [0.5, 0.6) is 0 Å². The first-order valence-electron chi connectivity index (χ1n) is 8.75. The summed E-state index contributed by atoms with van der Waals surface area (Å²) in [4.78, 5) is 4.71. The first-order chi connectivity index (χ1) is 11.8. The molecule has 6 nitrogen and oxygen atoms in total. The van der Waals surface area contributed by atoms with E-state index in [1.54, 1.807) is 7.11 Å². The fraction of sp³-hybridized carbons (Fsp3) is 0.667. The molecule has 3 saturated heterocycles. The predicted molar refractivity (Wildman–Crippen MR) is 92.0 cm³/mol. The van der Waals surface area contributed by atoms with Crippen molar-refractivity contribution in [3.63, 3.8) is 0 Å². The van der Waals surface area contributed by atoms with Crippen LogP contribution in [0.15, 0.2) is 24.3 Å². The Bertz CT molecular complexity index is 512. The number of anilines is 2. The number of benzene rings is 1. The molecule has 3 aliphatic rings. The number of hydrogen-bond acceptors (Lipinski definition) is 6. The molecule has 1 aromatic rings. The van der Waals surface area contributed by atoms with Gasteiger partial charge in [0.15, 0.2) is 0 Å². The van der Waals surface area contributed by atoms with Crippen LogP contribution in [0, 0.1) is 0 Å². The number of rotatable bonds is 11. The summed E-state index contributed by atoms with van der Waals surface area (Å²) in [5, 5.41) is 0. The average Bonchev–Trinajstić information content (AvgIpc) is 3.45. The third kappa shape index (κ3) is 4.60. The van der Waals surface area contributed by atoms with Gasteiger partial charge in [-0.25, -0.2) is 0 Å². The molecule has 24 heavy (non-hydrogen) atoms.